The Kier molecular flexibility index (Phi) is 9.24. The number of carbonyl (C=O) groups excluding carboxylic acids is 2. The van der Waals surface area contributed by atoms with Crippen LogP contribution in [0.5, 0.6) is 5.75 Å². The number of piperidine rings is 1. The average molecular weight is 681 g/mol. The maximum Gasteiger partial charge on any atom is 0.416 e. The number of amides is 2. The highest BCUT2D eigenvalue weighted by Gasteiger charge is 2.48. The summed E-state index contributed by atoms with van der Waals surface area (Å²) in [4.78, 5) is 60.0. The Labute approximate surface area is 278 Å². The number of nitrogens with one attached hydrogen (secondary N) is 2. The Morgan fingerprint density at radius 2 is 1.82 bits per heavy atom. The third-order valence-corrected chi connectivity index (χ3v) is 9.31. The zero-order valence-electron chi connectivity index (χ0n) is 26.9. The van der Waals surface area contributed by atoms with Crippen LogP contribution in [0.4, 0.5) is 18.9 Å². The number of H-pyrrole nitrogens is 1. The fourth-order valence-corrected chi connectivity index (χ4v) is 6.78. The van der Waals surface area contributed by atoms with Gasteiger partial charge in [-0.15, -0.1) is 0 Å². The van der Waals surface area contributed by atoms with Crippen molar-refractivity contribution in [1.82, 2.24) is 34.6 Å². The molecule has 1 fully saturated rings. The van der Waals surface area contributed by atoms with Crippen molar-refractivity contribution >= 4 is 23.1 Å². The molecule has 1 saturated heterocycles. The van der Waals surface area contributed by atoms with Crippen molar-refractivity contribution in [1.29, 1.82) is 0 Å². The molecule has 0 radical (unpaired) electrons. The van der Waals surface area contributed by atoms with Crippen molar-refractivity contribution in [2.45, 2.75) is 63.6 Å². The van der Waals surface area contributed by atoms with Gasteiger partial charge in [0.2, 0.25) is 5.91 Å². The lowest BCUT2D eigenvalue weighted by Crippen LogP contribution is -2.47. The lowest BCUT2D eigenvalue weighted by Gasteiger charge is -2.39. The molecular weight excluding hydrogens is 645 g/mol. The number of nitrogens with zero attached hydrogens (tertiary/aromatic N) is 6. The predicted molar refractivity (Wildman–Crippen MR) is 170 cm³/mol. The highest BCUT2D eigenvalue weighted by atomic mass is 19.4. The van der Waals surface area contributed by atoms with Crippen molar-refractivity contribution in [3.63, 3.8) is 0 Å². The van der Waals surface area contributed by atoms with Gasteiger partial charge in [-0.1, -0.05) is 13.0 Å². The first kappa shape index (κ1) is 33.8. The normalized spacial score (nSPS) is 18.4. The minimum Gasteiger partial charge on any atom is -0.504 e. The van der Waals surface area contributed by atoms with Crippen LogP contribution >= 0.6 is 0 Å². The smallest absolute Gasteiger partial charge is 0.416 e. The van der Waals surface area contributed by atoms with Crippen LogP contribution in [0.3, 0.4) is 0 Å². The molecule has 1 spiro atoms. The summed E-state index contributed by atoms with van der Waals surface area (Å²) in [5.74, 6) is -1.20. The average Bonchev–Trinajstić information content (AvgIpc) is 3.37. The van der Waals surface area contributed by atoms with E-state index in [0.29, 0.717) is 56.0 Å². The molecule has 1 atom stereocenters. The molecular formula is C33H35F3N8O5. The van der Waals surface area contributed by atoms with Crippen molar-refractivity contribution < 1.29 is 32.6 Å². The summed E-state index contributed by atoms with van der Waals surface area (Å²) in [6.07, 6.45) is 1.80. The number of aromatic nitrogens is 6. The van der Waals surface area contributed by atoms with Gasteiger partial charge in [-0.3, -0.25) is 19.5 Å². The Bertz CT molecular complexity index is 1910. The van der Waals surface area contributed by atoms with Crippen molar-refractivity contribution in [3.05, 3.63) is 87.4 Å². The number of hydrogen-bond acceptors (Lipinski definition) is 9. The third-order valence-electron chi connectivity index (χ3n) is 9.31. The van der Waals surface area contributed by atoms with Gasteiger partial charge >= 0.3 is 6.18 Å². The number of likely N-dealkylation sites (tertiary alicyclic amines) is 1. The van der Waals surface area contributed by atoms with Crippen LogP contribution in [0.1, 0.15) is 77.4 Å². The van der Waals surface area contributed by atoms with Crippen molar-refractivity contribution in [3.8, 4) is 5.75 Å². The molecule has 1 aromatic carbocycles. The van der Waals surface area contributed by atoms with Crippen LogP contribution in [-0.4, -0.2) is 77.8 Å². The van der Waals surface area contributed by atoms with Crippen molar-refractivity contribution in [2.24, 2.45) is 0 Å². The predicted octanol–water partition coefficient (Wildman–Crippen LogP) is 4.04. The second-order valence-electron chi connectivity index (χ2n) is 12.5. The van der Waals surface area contributed by atoms with Crippen LogP contribution < -0.4 is 10.9 Å². The Balaban J connectivity index is 1.37. The van der Waals surface area contributed by atoms with Crippen LogP contribution in [0.15, 0.2) is 47.8 Å². The number of aryl methyl sites for hydroxylation is 1. The first-order valence-corrected chi connectivity index (χ1v) is 15.8. The molecule has 3 aliphatic rings. The lowest BCUT2D eigenvalue weighted by molar-refractivity contribution is -0.137. The first-order valence-electron chi connectivity index (χ1n) is 15.8. The fourth-order valence-electron chi connectivity index (χ4n) is 6.78. The molecule has 49 heavy (non-hydrogen) atoms. The van der Waals surface area contributed by atoms with Crippen LogP contribution in [0.2, 0.25) is 0 Å². The second-order valence-corrected chi connectivity index (χ2v) is 12.5. The molecule has 3 aromatic rings. The minimum absolute atomic E-state index is 0.0900. The maximum atomic E-state index is 14.6. The van der Waals surface area contributed by atoms with E-state index < -0.39 is 41.1 Å². The summed E-state index contributed by atoms with van der Waals surface area (Å²) in [5, 5.41) is 16.0. The van der Waals surface area contributed by atoms with Gasteiger partial charge in [0.1, 0.15) is 25.0 Å². The maximum absolute atomic E-state index is 14.6. The third kappa shape index (κ3) is 6.90. The van der Waals surface area contributed by atoms with Crippen LogP contribution in [0.25, 0.3) is 5.57 Å². The summed E-state index contributed by atoms with van der Waals surface area (Å²) < 4.78 is 45.8. The Morgan fingerprint density at radius 1 is 1.10 bits per heavy atom. The molecule has 16 heteroatoms. The van der Waals surface area contributed by atoms with Crippen molar-refractivity contribution in [2.75, 3.05) is 31.6 Å². The number of carbonyl (C=O) groups is 2. The number of halogens is 3. The fraction of sp³-hybridized carbons (Fsp3) is 0.424. The summed E-state index contributed by atoms with van der Waals surface area (Å²) in [7, 11) is 0. The molecule has 258 valence electrons. The van der Waals surface area contributed by atoms with Crippen LogP contribution in [-0.2, 0) is 27.7 Å². The highest BCUT2D eigenvalue weighted by Crippen LogP contribution is 2.49. The van der Waals surface area contributed by atoms with E-state index >= 15 is 0 Å². The summed E-state index contributed by atoms with van der Waals surface area (Å²) in [5.41, 5.74) is 0.00289. The molecule has 1 aliphatic carbocycles. The van der Waals surface area contributed by atoms with E-state index in [2.05, 4.69) is 30.4 Å². The zero-order valence-corrected chi connectivity index (χ0v) is 26.9. The topological polar surface area (TPSA) is 168 Å². The van der Waals surface area contributed by atoms with Gasteiger partial charge in [0.05, 0.1) is 30.2 Å². The summed E-state index contributed by atoms with van der Waals surface area (Å²) >= 11 is 0. The number of aromatic hydroxyl groups is 1. The summed E-state index contributed by atoms with van der Waals surface area (Å²) in [6.45, 7) is 4.37. The second kappa shape index (κ2) is 13.4. The molecule has 1 unspecified atom stereocenters. The molecule has 2 aliphatic heterocycles. The van der Waals surface area contributed by atoms with E-state index in [0.717, 1.165) is 34.5 Å². The highest BCUT2D eigenvalue weighted by molar-refractivity contribution is 5.95. The SMILES string of the molecule is Cc1ncnc(C(=O)N2CCC3(CC2)CC(C)c2ncnc(C4=CCOCC4)[nH]n(CC(=O)Nc4ccc(C(F)(F)F)cc4)c(=O)c23)c1O. The quantitative estimate of drug-likeness (QED) is 0.360. The first-order chi connectivity index (χ1) is 23.4. The Morgan fingerprint density at radius 3 is 2.49 bits per heavy atom. The molecule has 0 saturated carbocycles. The molecule has 2 amide bonds. The van der Waals surface area contributed by atoms with Gasteiger partial charge in [-0.25, -0.2) is 24.6 Å². The molecule has 13 nitrogen and oxygen atoms in total. The minimum atomic E-state index is -4.53. The molecule has 3 N–H and O–H groups in total. The van der Waals surface area contributed by atoms with Gasteiger partial charge in [-0.05, 0) is 68.4 Å². The van der Waals surface area contributed by atoms with Gasteiger partial charge < -0.3 is 20.1 Å². The number of ether oxygens (including phenoxy) is 1. The monoisotopic (exact) mass is 680 g/mol. The van der Waals surface area contributed by atoms with Gasteiger partial charge in [0, 0.05) is 29.8 Å². The largest absolute Gasteiger partial charge is 0.504 e. The molecule has 6 rings (SSSR count). The van der Waals surface area contributed by atoms with E-state index in [1.807, 2.05) is 13.0 Å². The number of alkyl halides is 3. The number of benzene rings is 1. The van der Waals surface area contributed by atoms with Gasteiger partial charge in [-0.2, -0.15) is 13.2 Å². The standard InChI is InChI=1S/C33H35F3N8O5/c1-19-15-32(9-11-43(12-10-32)31(48)27-28(46)20(2)37-17-39-27)25-26(19)38-18-40-29(21-7-13-49-14-8-21)42-44(30(25)47)16-24(45)41-23-5-3-22(4-6-23)33(34,35)36/h3-7,17-19,46H,8-16H2,1-2H3,(H,41,45)(H,38,40,42). The number of rotatable bonds is 5. The van der Waals surface area contributed by atoms with E-state index in [4.69, 9.17) is 4.74 Å². The zero-order chi connectivity index (χ0) is 34.9. The van der Waals surface area contributed by atoms with E-state index in [9.17, 15) is 32.7 Å². The number of hydrogen-bond donors (Lipinski definition) is 3. The lowest BCUT2D eigenvalue weighted by atomic mass is 9.73. The molecule has 0 bridgehead atoms. The van der Waals surface area contributed by atoms with Gasteiger partial charge in [0.15, 0.2) is 11.4 Å². The van der Waals surface area contributed by atoms with Gasteiger partial charge in [0.25, 0.3) is 11.5 Å². The summed E-state index contributed by atoms with van der Waals surface area (Å²) in [6, 6.07) is 4.02. The van der Waals surface area contributed by atoms with E-state index in [1.165, 1.54) is 12.7 Å². The van der Waals surface area contributed by atoms with E-state index in [-0.39, 0.29) is 41.8 Å². The molecule has 2 aromatic heterocycles. The Hall–Kier alpha value is -5.12. The van der Waals surface area contributed by atoms with E-state index in [1.54, 1.807) is 11.8 Å². The number of fused-ring (bicyclic) bond motifs is 2. The number of anilines is 1. The van der Waals surface area contributed by atoms with Crippen LogP contribution in [0, 0.1) is 6.92 Å². The number of aromatic amines is 1. The molecule has 4 heterocycles.